The lowest BCUT2D eigenvalue weighted by Gasteiger charge is -2.32. The summed E-state index contributed by atoms with van der Waals surface area (Å²) >= 11 is 0. The Morgan fingerprint density at radius 3 is 2.67 bits per heavy atom. The van der Waals surface area contributed by atoms with Crippen LogP contribution in [-0.2, 0) is 4.79 Å². The second-order valence-electron chi connectivity index (χ2n) is 5.66. The Hall–Kier alpha value is -2.24. The van der Waals surface area contributed by atoms with Crippen molar-refractivity contribution in [3.63, 3.8) is 0 Å². The number of hydrogen-bond donors (Lipinski definition) is 2. The van der Waals surface area contributed by atoms with Crippen molar-refractivity contribution in [1.82, 2.24) is 4.90 Å². The third kappa shape index (κ3) is 3.26. The predicted molar refractivity (Wildman–Crippen MR) is 83.0 cm³/mol. The Morgan fingerprint density at radius 2 is 2.05 bits per heavy atom. The van der Waals surface area contributed by atoms with Gasteiger partial charge in [0, 0.05) is 38.6 Å². The lowest BCUT2D eigenvalue weighted by molar-refractivity contribution is -0.123. The lowest BCUT2D eigenvalue weighted by Crippen LogP contribution is -2.44. The average Bonchev–Trinajstić information content (AvgIpc) is 2.46. The largest absolute Gasteiger partial charge is 0.399 e. The smallest absolute Gasteiger partial charge is 0.256 e. The van der Waals surface area contributed by atoms with Crippen LogP contribution in [0, 0.1) is 5.92 Å². The molecular weight excluding hydrogens is 268 g/mol. The number of benzene rings is 1. The van der Waals surface area contributed by atoms with E-state index in [2.05, 4.69) is 0 Å². The Bertz CT molecular complexity index is 557. The Labute approximate surface area is 124 Å². The van der Waals surface area contributed by atoms with Gasteiger partial charge in [-0.25, -0.2) is 0 Å². The highest BCUT2D eigenvalue weighted by Gasteiger charge is 2.28. The van der Waals surface area contributed by atoms with E-state index >= 15 is 0 Å². The lowest BCUT2D eigenvalue weighted by atomic mass is 9.96. The van der Waals surface area contributed by atoms with Crippen molar-refractivity contribution >= 4 is 23.2 Å². The molecular formula is C15H22N4O2. The average molecular weight is 290 g/mol. The molecule has 2 rings (SSSR count). The van der Waals surface area contributed by atoms with Crippen molar-refractivity contribution in [1.29, 1.82) is 0 Å². The summed E-state index contributed by atoms with van der Waals surface area (Å²) in [6.07, 6.45) is 1.54. The number of likely N-dealkylation sites (tertiary alicyclic amines) is 1. The summed E-state index contributed by atoms with van der Waals surface area (Å²) in [6, 6.07) is 5.29. The number of carbonyl (C=O) groups is 2. The van der Waals surface area contributed by atoms with Crippen molar-refractivity contribution < 1.29 is 9.59 Å². The number of carbonyl (C=O) groups excluding carboxylic acids is 2. The zero-order valence-corrected chi connectivity index (χ0v) is 12.5. The first-order chi connectivity index (χ1) is 9.90. The number of amides is 2. The molecule has 6 nitrogen and oxygen atoms in total. The van der Waals surface area contributed by atoms with Crippen LogP contribution < -0.4 is 16.4 Å². The van der Waals surface area contributed by atoms with Crippen LogP contribution in [0.15, 0.2) is 18.2 Å². The minimum absolute atomic E-state index is 0.100. The van der Waals surface area contributed by atoms with E-state index in [1.54, 1.807) is 17.0 Å². The molecule has 0 aromatic heterocycles. The number of piperidine rings is 1. The summed E-state index contributed by atoms with van der Waals surface area (Å²) in [7, 11) is 3.76. The molecule has 2 amide bonds. The fourth-order valence-electron chi connectivity index (χ4n) is 2.68. The van der Waals surface area contributed by atoms with Gasteiger partial charge >= 0.3 is 0 Å². The van der Waals surface area contributed by atoms with E-state index in [-0.39, 0.29) is 17.7 Å². The molecule has 1 aliphatic rings. The van der Waals surface area contributed by atoms with Gasteiger partial charge in [-0.15, -0.1) is 0 Å². The highest BCUT2D eigenvalue weighted by molar-refractivity contribution is 6.01. The van der Waals surface area contributed by atoms with Crippen LogP contribution in [0.1, 0.15) is 23.2 Å². The number of nitrogen functional groups attached to an aromatic ring is 1. The highest BCUT2D eigenvalue weighted by atomic mass is 16.2. The number of nitrogens with zero attached hydrogens (tertiary/aromatic N) is 2. The third-order valence-corrected chi connectivity index (χ3v) is 3.84. The Kier molecular flexibility index (Phi) is 4.35. The van der Waals surface area contributed by atoms with Gasteiger partial charge in [0.2, 0.25) is 5.91 Å². The standard InChI is InChI=1S/C15H22N4O2/c1-18(2)13-6-5-11(16)8-12(13)15(21)19-7-3-4-10(9-19)14(17)20/h5-6,8,10H,3-4,7,9,16H2,1-2H3,(H2,17,20). The number of hydrogen-bond acceptors (Lipinski definition) is 4. The van der Waals surface area contributed by atoms with Crippen LogP contribution in [-0.4, -0.2) is 43.9 Å². The van der Waals surface area contributed by atoms with Gasteiger partial charge in [0.1, 0.15) is 0 Å². The molecule has 21 heavy (non-hydrogen) atoms. The molecule has 1 atom stereocenters. The van der Waals surface area contributed by atoms with Crippen molar-refractivity contribution in [2.24, 2.45) is 11.7 Å². The summed E-state index contributed by atoms with van der Waals surface area (Å²) in [4.78, 5) is 27.7. The monoisotopic (exact) mass is 290 g/mol. The van der Waals surface area contributed by atoms with Crippen LogP contribution in [0.25, 0.3) is 0 Å². The zero-order valence-electron chi connectivity index (χ0n) is 12.5. The molecule has 1 aromatic carbocycles. The number of anilines is 2. The summed E-state index contributed by atoms with van der Waals surface area (Å²) in [5.74, 6) is -0.698. The molecule has 1 unspecified atom stereocenters. The molecule has 0 radical (unpaired) electrons. The molecule has 1 heterocycles. The first-order valence-corrected chi connectivity index (χ1v) is 7.05. The maximum atomic E-state index is 12.7. The quantitative estimate of drug-likeness (QED) is 0.800. The molecule has 0 bridgehead atoms. The molecule has 1 aliphatic heterocycles. The molecule has 6 heteroatoms. The van der Waals surface area contributed by atoms with E-state index in [1.807, 2.05) is 25.1 Å². The van der Waals surface area contributed by atoms with E-state index in [9.17, 15) is 9.59 Å². The summed E-state index contributed by atoms with van der Waals surface area (Å²) in [6.45, 7) is 1.03. The summed E-state index contributed by atoms with van der Waals surface area (Å²) < 4.78 is 0. The SMILES string of the molecule is CN(C)c1ccc(N)cc1C(=O)N1CCCC(C(N)=O)C1. The minimum atomic E-state index is -0.340. The zero-order chi connectivity index (χ0) is 15.6. The molecule has 114 valence electrons. The molecule has 4 N–H and O–H groups in total. The fraction of sp³-hybridized carbons (Fsp3) is 0.467. The van der Waals surface area contributed by atoms with E-state index in [4.69, 9.17) is 11.5 Å². The molecule has 1 aromatic rings. The van der Waals surface area contributed by atoms with E-state index in [0.29, 0.717) is 24.3 Å². The van der Waals surface area contributed by atoms with Gasteiger partial charge in [0.05, 0.1) is 11.5 Å². The summed E-state index contributed by atoms with van der Waals surface area (Å²) in [5.41, 5.74) is 13.1. The van der Waals surface area contributed by atoms with Crippen LogP contribution in [0.2, 0.25) is 0 Å². The second-order valence-corrected chi connectivity index (χ2v) is 5.66. The van der Waals surface area contributed by atoms with Crippen LogP contribution >= 0.6 is 0 Å². The van der Waals surface area contributed by atoms with Crippen molar-refractivity contribution in [2.75, 3.05) is 37.8 Å². The van der Waals surface area contributed by atoms with Gasteiger partial charge in [0.15, 0.2) is 0 Å². The fourth-order valence-corrected chi connectivity index (χ4v) is 2.68. The van der Waals surface area contributed by atoms with Gasteiger partial charge in [-0.2, -0.15) is 0 Å². The van der Waals surface area contributed by atoms with E-state index in [0.717, 1.165) is 18.5 Å². The third-order valence-electron chi connectivity index (χ3n) is 3.84. The Morgan fingerprint density at radius 1 is 1.33 bits per heavy atom. The highest BCUT2D eigenvalue weighted by Crippen LogP contribution is 2.25. The van der Waals surface area contributed by atoms with Crippen molar-refractivity contribution in [3.8, 4) is 0 Å². The molecule has 0 saturated carbocycles. The molecule has 0 aliphatic carbocycles. The molecule has 0 spiro atoms. The normalized spacial score (nSPS) is 18.4. The second kappa shape index (κ2) is 6.03. The number of nitrogens with two attached hydrogens (primary N) is 2. The maximum absolute atomic E-state index is 12.7. The van der Waals surface area contributed by atoms with Gasteiger partial charge in [0.25, 0.3) is 5.91 Å². The molecule has 1 fully saturated rings. The van der Waals surface area contributed by atoms with Crippen LogP contribution in [0.4, 0.5) is 11.4 Å². The maximum Gasteiger partial charge on any atom is 0.256 e. The topological polar surface area (TPSA) is 92.7 Å². The van der Waals surface area contributed by atoms with E-state index in [1.165, 1.54) is 0 Å². The first kappa shape index (κ1) is 15.2. The van der Waals surface area contributed by atoms with Crippen LogP contribution in [0.3, 0.4) is 0 Å². The number of rotatable bonds is 3. The molecule has 1 saturated heterocycles. The van der Waals surface area contributed by atoms with Crippen molar-refractivity contribution in [2.45, 2.75) is 12.8 Å². The predicted octanol–water partition coefficient (Wildman–Crippen LogP) is 0.672. The van der Waals surface area contributed by atoms with Gasteiger partial charge in [-0.1, -0.05) is 0 Å². The van der Waals surface area contributed by atoms with Crippen molar-refractivity contribution in [3.05, 3.63) is 23.8 Å². The number of primary amides is 1. The van der Waals surface area contributed by atoms with E-state index < -0.39 is 0 Å². The van der Waals surface area contributed by atoms with Gasteiger partial charge in [-0.3, -0.25) is 9.59 Å². The van der Waals surface area contributed by atoms with Crippen LogP contribution in [0.5, 0.6) is 0 Å². The Balaban J connectivity index is 2.27. The first-order valence-electron chi connectivity index (χ1n) is 7.05. The van der Waals surface area contributed by atoms with Gasteiger partial charge in [-0.05, 0) is 31.0 Å². The van der Waals surface area contributed by atoms with Gasteiger partial charge < -0.3 is 21.3 Å². The summed E-state index contributed by atoms with van der Waals surface area (Å²) in [5, 5.41) is 0. The minimum Gasteiger partial charge on any atom is -0.399 e.